The molecule has 3 aromatic carbocycles. The Kier molecular flexibility index (Phi) is 8.42. The fourth-order valence-corrected chi connectivity index (χ4v) is 5.03. The minimum absolute atomic E-state index is 0.107. The molecule has 9 heteroatoms. The number of carbonyl (C=O) groups excluding carboxylic acids is 1. The predicted octanol–water partition coefficient (Wildman–Crippen LogP) is 5.85. The normalized spacial score (nSPS) is 14.6. The van der Waals surface area contributed by atoms with Crippen LogP contribution in [0.25, 0.3) is 0 Å². The molecule has 1 heterocycles. The van der Waals surface area contributed by atoms with Gasteiger partial charge >= 0.3 is 0 Å². The fraction of sp³-hybridized carbons (Fsp3) is 0.345. The quantitative estimate of drug-likeness (QED) is 0.318. The first-order chi connectivity index (χ1) is 18.4. The number of carbonyl (C=O) groups is 1. The van der Waals surface area contributed by atoms with Gasteiger partial charge in [-0.25, -0.2) is 0 Å². The van der Waals surface area contributed by atoms with Crippen molar-refractivity contribution in [3.63, 3.8) is 0 Å². The van der Waals surface area contributed by atoms with Crippen molar-refractivity contribution in [3.8, 4) is 34.5 Å². The molecule has 1 aliphatic rings. The molecule has 0 fully saturated rings. The number of amides is 1. The van der Waals surface area contributed by atoms with E-state index in [0.29, 0.717) is 58.4 Å². The van der Waals surface area contributed by atoms with Crippen molar-refractivity contribution in [2.24, 2.45) is 0 Å². The molecule has 0 N–H and O–H groups in total. The summed E-state index contributed by atoms with van der Waals surface area (Å²) in [6, 6.07) is 12.3. The molecule has 8 nitrogen and oxygen atoms in total. The lowest BCUT2D eigenvalue weighted by Crippen LogP contribution is -2.41. The Morgan fingerprint density at radius 2 is 1.39 bits per heavy atom. The summed E-state index contributed by atoms with van der Waals surface area (Å²) in [6.45, 7) is 4.76. The summed E-state index contributed by atoms with van der Waals surface area (Å²) in [5, 5.41) is 0.397. The monoisotopic (exact) mass is 541 g/mol. The van der Waals surface area contributed by atoms with Crippen molar-refractivity contribution in [1.82, 2.24) is 0 Å². The van der Waals surface area contributed by atoms with Crippen molar-refractivity contribution in [3.05, 3.63) is 64.2 Å². The van der Waals surface area contributed by atoms with E-state index in [0.717, 1.165) is 16.7 Å². The Bertz CT molecular complexity index is 1300. The Balaban J connectivity index is 2.00. The van der Waals surface area contributed by atoms with Gasteiger partial charge in [0.1, 0.15) is 5.75 Å². The third kappa shape index (κ3) is 5.00. The molecule has 202 valence electrons. The van der Waals surface area contributed by atoms with Gasteiger partial charge in [0.25, 0.3) is 0 Å². The highest BCUT2D eigenvalue weighted by Gasteiger charge is 2.37. The molecule has 3 aromatic rings. The van der Waals surface area contributed by atoms with E-state index in [9.17, 15) is 4.79 Å². The molecular formula is C29H32ClNO7. The molecule has 38 heavy (non-hydrogen) atoms. The van der Waals surface area contributed by atoms with E-state index in [1.807, 2.05) is 44.2 Å². The summed E-state index contributed by atoms with van der Waals surface area (Å²) < 4.78 is 33.9. The molecule has 1 atom stereocenters. The van der Waals surface area contributed by atoms with Crippen LogP contribution in [0.5, 0.6) is 34.5 Å². The van der Waals surface area contributed by atoms with Gasteiger partial charge in [-0.05, 0) is 73.0 Å². The SMILES string of the molecule is CCOc1cc2c(cc1OCC)[C@H](c1cc(OC)c(OC)c(OC)c1)N(c1ccc(OC)c(Cl)c1)C(=O)C2. The smallest absolute Gasteiger partial charge is 0.232 e. The molecule has 4 rings (SSSR count). The van der Waals surface area contributed by atoms with Crippen LogP contribution < -0.4 is 33.3 Å². The lowest BCUT2D eigenvalue weighted by atomic mass is 9.86. The number of halogens is 1. The first-order valence-electron chi connectivity index (χ1n) is 12.3. The second kappa shape index (κ2) is 11.7. The Labute approximate surface area is 227 Å². The van der Waals surface area contributed by atoms with Crippen molar-refractivity contribution >= 4 is 23.2 Å². The Morgan fingerprint density at radius 1 is 0.789 bits per heavy atom. The molecule has 0 radical (unpaired) electrons. The van der Waals surface area contributed by atoms with Gasteiger partial charge in [0.2, 0.25) is 11.7 Å². The summed E-state index contributed by atoms with van der Waals surface area (Å²) in [7, 11) is 6.22. The van der Waals surface area contributed by atoms with Crippen LogP contribution in [0.1, 0.15) is 36.6 Å². The van der Waals surface area contributed by atoms with Crippen LogP contribution in [-0.2, 0) is 11.2 Å². The summed E-state index contributed by atoms with van der Waals surface area (Å²) in [5.41, 5.74) is 3.11. The van der Waals surface area contributed by atoms with Crippen LogP contribution in [0.15, 0.2) is 42.5 Å². The number of ether oxygens (including phenoxy) is 6. The van der Waals surface area contributed by atoms with Gasteiger partial charge in [-0.3, -0.25) is 4.79 Å². The molecule has 0 saturated carbocycles. The zero-order valence-electron chi connectivity index (χ0n) is 22.4. The summed E-state index contributed by atoms with van der Waals surface area (Å²) >= 11 is 6.49. The average Bonchev–Trinajstić information content (AvgIpc) is 2.92. The number of benzene rings is 3. The lowest BCUT2D eigenvalue weighted by molar-refractivity contribution is -0.118. The van der Waals surface area contributed by atoms with E-state index in [1.165, 1.54) is 0 Å². The van der Waals surface area contributed by atoms with Crippen LogP contribution in [0.2, 0.25) is 5.02 Å². The largest absolute Gasteiger partial charge is 0.495 e. The summed E-state index contributed by atoms with van der Waals surface area (Å²) in [5.74, 6) is 3.03. The topological polar surface area (TPSA) is 75.7 Å². The van der Waals surface area contributed by atoms with E-state index in [4.69, 9.17) is 40.0 Å². The Hall–Kier alpha value is -3.78. The van der Waals surface area contributed by atoms with Crippen LogP contribution >= 0.6 is 11.6 Å². The van der Waals surface area contributed by atoms with Gasteiger partial charge in [-0.15, -0.1) is 0 Å². The highest BCUT2D eigenvalue weighted by atomic mass is 35.5. The number of anilines is 1. The third-order valence-electron chi connectivity index (χ3n) is 6.38. The summed E-state index contributed by atoms with van der Waals surface area (Å²) in [4.78, 5) is 15.5. The number of fused-ring (bicyclic) bond motifs is 1. The van der Waals surface area contributed by atoms with Gasteiger partial charge < -0.3 is 33.3 Å². The maximum absolute atomic E-state index is 13.8. The van der Waals surface area contributed by atoms with Gasteiger partial charge in [0.15, 0.2) is 23.0 Å². The van der Waals surface area contributed by atoms with Crippen LogP contribution in [0.4, 0.5) is 5.69 Å². The second-order valence-corrected chi connectivity index (χ2v) is 8.89. The summed E-state index contributed by atoms with van der Waals surface area (Å²) in [6.07, 6.45) is 0.173. The molecule has 0 unspecified atom stereocenters. The van der Waals surface area contributed by atoms with Crippen LogP contribution in [0, 0.1) is 0 Å². The Morgan fingerprint density at radius 3 is 1.92 bits per heavy atom. The molecule has 1 amide bonds. The van der Waals surface area contributed by atoms with Crippen molar-refractivity contribution in [2.75, 3.05) is 46.6 Å². The number of rotatable bonds is 10. The zero-order chi connectivity index (χ0) is 27.4. The van der Waals surface area contributed by atoms with E-state index in [1.54, 1.807) is 45.5 Å². The minimum Gasteiger partial charge on any atom is -0.495 e. The maximum Gasteiger partial charge on any atom is 0.232 e. The van der Waals surface area contributed by atoms with E-state index in [-0.39, 0.29) is 12.3 Å². The second-order valence-electron chi connectivity index (χ2n) is 8.48. The molecule has 0 aliphatic carbocycles. The highest BCUT2D eigenvalue weighted by Crippen LogP contribution is 2.48. The van der Waals surface area contributed by atoms with Gasteiger partial charge in [-0.2, -0.15) is 0 Å². The highest BCUT2D eigenvalue weighted by molar-refractivity contribution is 6.32. The fourth-order valence-electron chi connectivity index (χ4n) is 4.78. The van der Waals surface area contributed by atoms with Gasteiger partial charge in [0.05, 0.1) is 59.1 Å². The number of methoxy groups -OCH3 is 4. The minimum atomic E-state index is -0.556. The molecule has 1 aliphatic heterocycles. The van der Waals surface area contributed by atoms with Crippen molar-refractivity contribution in [2.45, 2.75) is 26.3 Å². The molecule has 0 spiro atoms. The van der Waals surface area contributed by atoms with Gasteiger partial charge in [0, 0.05) is 5.69 Å². The standard InChI is InChI=1S/C29H32ClNO7/c1-7-37-23-11-17-14-27(32)31(19-9-10-22(33-3)21(30)15-19)28(20(17)16-24(23)38-8-2)18-12-25(34-4)29(36-6)26(13-18)35-5/h9-13,15-16,28H,7-8,14H2,1-6H3/t28-/m0/s1. The molecule has 0 saturated heterocycles. The zero-order valence-corrected chi connectivity index (χ0v) is 23.2. The molecule has 0 bridgehead atoms. The van der Waals surface area contributed by atoms with Crippen molar-refractivity contribution in [1.29, 1.82) is 0 Å². The lowest BCUT2D eigenvalue weighted by Gasteiger charge is -2.38. The van der Waals surface area contributed by atoms with Crippen LogP contribution in [-0.4, -0.2) is 47.6 Å². The first kappa shape index (κ1) is 27.3. The average molecular weight is 542 g/mol. The van der Waals surface area contributed by atoms with E-state index < -0.39 is 6.04 Å². The van der Waals surface area contributed by atoms with E-state index >= 15 is 0 Å². The van der Waals surface area contributed by atoms with Crippen molar-refractivity contribution < 1.29 is 33.2 Å². The van der Waals surface area contributed by atoms with E-state index in [2.05, 4.69) is 0 Å². The third-order valence-corrected chi connectivity index (χ3v) is 6.68. The maximum atomic E-state index is 13.8. The van der Waals surface area contributed by atoms with Gasteiger partial charge in [-0.1, -0.05) is 11.6 Å². The predicted molar refractivity (Wildman–Crippen MR) is 146 cm³/mol. The number of hydrogen-bond acceptors (Lipinski definition) is 7. The number of hydrogen-bond donors (Lipinski definition) is 0. The number of nitrogens with zero attached hydrogens (tertiary/aromatic N) is 1. The van der Waals surface area contributed by atoms with Crippen LogP contribution in [0.3, 0.4) is 0 Å². The molecule has 0 aromatic heterocycles. The first-order valence-corrected chi connectivity index (χ1v) is 12.7. The molecular weight excluding hydrogens is 510 g/mol.